The fraction of sp³-hybridized carbons (Fsp3) is 0. The standard InChI is InChI=1S/C42H31N5O2/c48-42-45-37-24-9-10-25-38(37)47(42)39-26-13-27-40(46-39)49-32-19-11-18-31(28-32)43-35-22-7-8-23-36(35)44-41-33(29-14-3-1-4-15-29)20-12-21-34(41)30-16-5-2-6-17-30/h1-28,43-44H,(H,45,48)/i1D,2D,3D,4D,5D,6D,14D,15D,16D,17D. The fourth-order valence-corrected chi connectivity index (χ4v) is 5.49. The number of anilines is 4. The quantitative estimate of drug-likeness (QED) is 0.145. The van der Waals surface area contributed by atoms with Gasteiger partial charge < -0.3 is 20.4 Å². The highest BCUT2D eigenvalue weighted by atomic mass is 16.5. The van der Waals surface area contributed by atoms with Crippen LogP contribution in [0.25, 0.3) is 39.1 Å². The van der Waals surface area contributed by atoms with E-state index >= 15 is 0 Å². The summed E-state index contributed by atoms with van der Waals surface area (Å²) in [5.41, 5.74) is 2.66. The van der Waals surface area contributed by atoms with Gasteiger partial charge in [-0.15, -0.1) is 0 Å². The molecular weight excluding hydrogens is 606 g/mol. The molecule has 0 atom stereocenters. The van der Waals surface area contributed by atoms with E-state index in [1.54, 1.807) is 84.9 Å². The molecule has 8 aromatic rings. The highest BCUT2D eigenvalue weighted by Crippen LogP contribution is 2.40. The van der Waals surface area contributed by atoms with Gasteiger partial charge in [-0.3, -0.25) is 0 Å². The summed E-state index contributed by atoms with van der Waals surface area (Å²) in [4.78, 5) is 20.2. The van der Waals surface area contributed by atoms with Gasteiger partial charge in [-0.1, -0.05) is 115 Å². The van der Waals surface area contributed by atoms with Gasteiger partial charge in [-0.25, -0.2) is 9.36 Å². The Morgan fingerprint density at radius 3 is 2.02 bits per heavy atom. The molecule has 8 rings (SSSR count). The number of hydrogen-bond acceptors (Lipinski definition) is 5. The molecule has 2 aromatic heterocycles. The molecule has 0 bridgehead atoms. The second-order valence-electron chi connectivity index (χ2n) is 10.8. The number of fused-ring (bicyclic) bond motifs is 1. The smallest absolute Gasteiger partial charge is 0.332 e. The first-order chi connectivity index (χ1) is 28.3. The maximum absolute atomic E-state index is 12.8. The van der Waals surface area contributed by atoms with Crippen LogP contribution in [-0.4, -0.2) is 14.5 Å². The molecule has 0 aliphatic rings. The first-order valence-electron chi connectivity index (χ1n) is 20.2. The Kier molecular flexibility index (Phi) is 5.45. The van der Waals surface area contributed by atoms with E-state index in [4.69, 9.17) is 18.4 Å². The van der Waals surface area contributed by atoms with Gasteiger partial charge >= 0.3 is 5.69 Å². The molecule has 0 saturated heterocycles. The highest BCUT2D eigenvalue weighted by Gasteiger charge is 2.15. The van der Waals surface area contributed by atoms with E-state index < -0.39 is 60.4 Å². The lowest BCUT2D eigenvalue weighted by Crippen LogP contribution is -2.15. The summed E-state index contributed by atoms with van der Waals surface area (Å²) in [6.07, 6.45) is 0. The minimum absolute atomic E-state index is 0.135. The first-order valence-corrected chi connectivity index (χ1v) is 15.2. The van der Waals surface area contributed by atoms with Crippen molar-refractivity contribution in [1.82, 2.24) is 14.5 Å². The summed E-state index contributed by atoms with van der Waals surface area (Å²) in [5, 5.41) is 6.69. The zero-order valence-corrected chi connectivity index (χ0v) is 25.6. The van der Waals surface area contributed by atoms with Crippen LogP contribution in [0.1, 0.15) is 13.7 Å². The Morgan fingerprint density at radius 2 is 1.29 bits per heavy atom. The average Bonchev–Trinajstić information content (AvgIpc) is 3.58. The first kappa shape index (κ1) is 20.4. The maximum Gasteiger partial charge on any atom is 0.332 e. The number of rotatable bonds is 9. The third kappa shape index (κ3) is 6.16. The normalized spacial score (nSPS) is 13.8. The minimum Gasteiger partial charge on any atom is -0.439 e. The number of ether oxygens (including phenoxy) is 1. The maximum atomic E-state index is 12.8. The van der Waals surface area contributed by atoms with Gasteiger partial charge in [0.15, 0.2) is 0 Å². The fourth-order valence-electron chi connectivity index (χ4n) is 5.49. The Balaban J connectivity index is 1.18. The largest absolute Gasteiger partial charge is 0.439 e. The molecule has 0 aliphatic heterocycles. The molecule has 3 N–H and O–H groups in total. The van der Waals surface area contributed by atoms with Gasteiger partial charge in [0.1, 0.15) is 11.6 Å². The molecule has 0 amide bonds. The molecule has 0 spiro atoms. The lowest BCUT2D eigenvalue weighted by atomic mass is 9.95. The average molecular weight is 648 g/mol. The van der Waals surface area contributed by atoms with E-state index in [1.165, 1.54) is 10.6 Å². The molecule has 236 valence electrons. The Morgan fingerprint density at radius 1 is 0.653 bits per heavy atom. The number of H-pyrrole nitrogens is 1. The number of pyridine rings is 1. The van der Waals surface area contributed by atoms with Crippen molar-refractivity contribution in [1.29, 1.82) is 0 Å². The molecule has 0 radical (unpaired) electrons. The molecule has 2 heterocycles. The number of nitrogens with zero attached hydrogens (tertiary/aromatic N) is 2. The summed E-state index contributed by atoms with van der Waals surface area (Å²) in [6, 6.07) is 25.8. The van der Waals surface area contributed by atoms with Crippen LogP contribution in [0.4, 0.5) is 22.7 Å². The van der Waals surface area contributed by atoms with Gasteiger partial charge in [0.25, 0.3) is 0 Å². The number of benzene rings is 6. The van der Waals surface area contributed by atoms with E-state index in [0.29, 0.717) is 39.7 Å². The van der Waals surface area contributed by atoms with E-state index in [2.05, 4.69) is 20.6 Å². The van der Waals surface area contributed by atoms with E-state index in [1.807, 2.05) is 18.2 Å². The molecule has 0 saturated carbocycles. The molecule has 0 aliphatic carbocycles. The van der Waals surface area contributed by atoms with Crippen LogP contribution in [0.15, 0.2) is 174 Å². The Hall–Kier alpha value is -6.86. The predicted octanol–water partition coefficient (Wildman–Crippen LogP) is 10.3. The summed E-state index contributed by atoms with van der Waals surface area (Å²) in [5.74, 6) is 1.03. The van der Waals surface area contributed by atoms with Gasteiger partial charge in [0.05, 0.1) is 41.8 Å². The molecule has 7 nitrogen and oxygen atoms in total. The third-order valence-electron chi connectivity index (χ3n) is 7.65. The topological polar surface area (TPSA) is 84.0 Å². The summed E-state index contributed by atoms with van der Waals surface area (Å²) in [7, 11) is 0. The number of hydrogen-bond donors (Lipinski definition) is 3. The van der Waals surface area contributed by atoms with Gasteiger partial charge in [0, 0.05) is 28.9 Å². The summed E-state index contributed by atoms with van der Waals surface area (Å²) in [6.45, 7) is 0. The van der Waals surface area contributed by atoms with Crippen LogP contribution in [0.2, 0.25) is 0 Å². The van der Waals surface area contributed by atoms with Gasteiger partial charge in [0.2, 0.25) is 5.88 Å². The van der Waals surface area contributed by atoms with Gasteiger partial charge in [-0.2, -0.15) is 4.98 Å². The number of imidazole rings is 1. The van der Waals surface area contributed by atoms with E-state index in [-0.39, 0.29) is 39.5 Å². The summed E-state index contributed by atoms with van der Waals surface area (Å²) >= 11 is 0. The zero-order chi connectivity index (χ0) is 41.7. The molecule has 49 heavy (non-hydrogen) atoms. The number of aromatic amines is 1. The summed E-state index contributed by atoms with van der Waals surface area (Å²) < 4.78 is 92.6. The SMILES string of the molecule is [2H]c1c([2H])c([2H])c(-c2cccc(-c3c([2H])c([2H])c([2H])c([2H])c3[2H])c2Nc2ccccc2Nc2cccc(Oc3cccc(-n4c(=O)[nH]c5ccccc54)n3)c2)c([2H])c1[2H]. The predicted molar refractivity (Wildman–Crippen MR) is 199 cm³/mol. The van der Waals surface area contributed by atoms with Crippen molar-refractivity contribution < 1.29 is 18.4 Å². The van der Waals surface area contributed by atoms with Crippen LogP contribution in [0.3, 0.4) is 0 Å². The monoisotopic (exact) mass is 647 g/mol. The number of aromatic nitrogens is 3. The minimum atomic E-state index is -0.575. The molecule has 7 heteroatoms. The molecular formula is C42H31N5O2. The molecule has 0 unspecified atom stereocenters. The Labute approximate surface area is 297 Å². The third-order valence-corrected chi connectivity index (χ3v) is 7.65. The van der Waals surface area contributed by atoms with Crippen molar-refractivity contribution in [3.63, 3.8) is 0 Å². The highest BCUT2D eigenvalue weighted by molar-refractivity contribution is 5.94. The molecule has 6 aromatic carbocycles. The second-order valence-corrected chi connectivity index (χ2v) is 10.8. The van der Waals surface area contributed by atoms with Crippen molar-refractivity contribution >= 4 is 33.8 Å². The van der Waals surface area contributed by atoms with Crippen LogP contribution < -0.4 is 21.1 Å². The Bertz CT molecular complexity index is 2900. The van der Waals surface area contributed by atoms with Crippen molar-refractivity contribution in [2.24, 2.45) is 0 Å². The van der Waals surface area contributed by atoms with Crippen LogP contribution in [-0.2, 0) is 0 Å². The second kappa shape index (κ2) is 13.1. The molecule has 0 fully saturated rings. The number of para-hydroxylation sites is 5. The van der Waals surface area contributed by atoms with Crippen molar-refractivity contribution in [3.8, 4) is 39.7 Å². The van der Waals surface area contributed by atoms with Gasteiger partial charge in [-0.05, 0) is 53.6 Å². The lowest BCUT2D eigenvalue weighted by molar-refractivity contribution is 0.462. The van der Waals surface area contributed by atoms with Crippen molar-refractivity contribution in [3.05, 3.63) is 180 Å². The van der Waals surface area contributed by atoms with Crippen LogP contribution in [0.5, 0.6) is 11.6 Å². The van der Waals surface area contributed by atoms with E-state index in [9.17, 15) is 4.79 Å². The van der Waals surface area contributed by atoms with Crippen LogP contribution in [0, 0.1) is 0 Å². The van der Waals surface area contributed by atoms with Crippen LogP contribution >= 0.6 is 0 Å². The zero-order valence-electron chi connectivity index (χ0n) is 35.6. The van der Waals surface area contributed by atoms with Crippen molar-refractivity contribution in [2.45, 2.75) is 0 Å². The lowest BCUT2D eigenvalue weighted by Gasteiger charge is -2.20. The van der Waals surface area contributed by atoms with Crippen molar-refractivity contribution in [2.75, 3.05) is 10.6 Å². The van der Waals surface area contributed by atoms with E-state index in [0.717, 1.165) is 0 Å². The number of nitrogens with one attached hydrogen (secondary N) is 3.